The van der Waals surface area contributed by atoms with E-state index in [1.807, 2.05) is 13.8 Å². The molecule has 2 saturated heterocycles. The first-order chi connectivity index (χ1) is 6.89. The molecule has 0 N–H and O–H groups in total. The standard InChI is InChI=1S/C10H13BrO4/c1-9(2)5-10(8(13)15-9)3-6(4-11)14-7(10)12/h6H,3-5H2,1-2H3. The van der Waals surface area contributed by atoms with E-state index in [1.165, 1.54) is 0 Å². The summed E-state index contributed by atoms with van der Waals surface area (Å²) >= 11 is 3.25. The van der Waals surface area contributed by atoms with Crippen LogP contribution in [0.3, 0.4) is 0 Å². The van der Waals surface area contributed by atoms with Gasteiger partial charge in [-0.3, -0.25) is 9.59 Å². The van der Waals surface area contributed by atoms with Gasteiger partial charge in [-0.1, -0.05) is 15.9 Å². The fraction of sp³-hybridized carbons (Fsp3) is 0.800. The van der Waals surface area contributed by atoms with E-state index in [1.54, 1.807) is 0 Å². The van der Waals surface area contributed by atoms with E-state index in [4.69, 9.17) is 9.47 Å². The molecule has 2 heterocycles. The highest BCUT2D eigenvalue weighted by molar-refractivity contribution is 9.09. The van der Waals surface area contributed by atoms with E-state index in [-0.39, 0.29) is 6.10 Å². The summed E-state index contributed by atoms with van der Waals surface area (Å²) in [5.74, 6) is -0.858. The third kappa shape index (κ3) is 1.57. The number of esters is 2. The van der Waals surface area contributed by atoms with Gasteiger partial charge in [0.15, 0.2) is 5.41 Å². The van der Waals surface area contributed by atoms with Crippen molar-refractivity contribution in [2.45, 2.75) is 38.4 Å². The Kier molecular flexibility index (Phi) is 2.33. The highest BCUT2D eigenvalue weighted by Gasteiger charge is 2.63. The Balaban J connectivity index is 2.28. The Bertz CT molecular complexity index is 325. The Labute approximate surface area is 96.4 Å². The van der Waals surface area contributed by atoms with Crippen molar-refractivity contribution in [3.05, 3.63) is 0 Å². The van der Waals surface area contributed by atoms with Crippen LogP contribution in [0.25, 0.3) is 0 Å². The Hall–Kier alpha value is -0.580. The molecule has 15 heavy (non-hydrogen) atoms. The molecule has 2 fully saturated rings. The molecule has 0 radical (unpaired) electrons. The molecule has 84 valence electrons. The first-order valence-electron chi connectivity index (χ1n) is 4.90. The summed E-state index contributed by atoms with van der Waals surface area (Å²) in [7, 11) is 0. The van der Waals surface area contributed by atoms with Gasteiger partial charge in [0, 0.05) is 18.2 Å². The third-order valence-electron chi connectivity index (χ3n) is 2.90. The number of halogens is 1. The Morgan fingerprint density at radius 3 is 2.47 bits per heavy atom. The molecule has 2 aliphatic rings. The molecule has 0 bridgehead atoms. The average Bonchev–Trinajstić information content (AvgIpc) is 2.53. The summed E-state index contributed by atoms with van der Waals surface area (Å²) in [6, 6.07) is 0. The minimum absolute atomic E-state index is 0.209. The van der Waals surface area contributed by atoms with Gasteiger partial charge in [0.05, 0.1) is 0 Å². The van der Waals surface area contributed by atoms with Gasteiger partial charge in [0.25, 0.3) is 0 Å². The largest absolute Gasteiger partial charge is 0.461 e. The quantitative estimate of drug-likeness (QED) is 0.413. The van der Waals surface area contributed by atoms with Crippen LogP contribution in [-0.4, -0.2) is 29.0 Å². The van der Waals surface area contributed by atoms with Crippen molar-refractivity contribution in [2.75, 3.05) is 5.33 Å². The second-order valence-electron chi connectivity index (χ2n) is 4.79. The summed E-state index contributed by atoms with van der Waals surface area (Å²) in [6.45, 7) is 3.63. The molecule has 2 aliphatic heterocycles. The summed E-state index contributed by atoms with van der Waals surface area (Å²) in [5, 5.41) is 0.564. The lowest BCUT2D eigenvalue weighted by molar-refractivity contribution is -0.159. The molecular weight excluding hydrogens is 264 g/mol. The van der Waals surface area contributed by atoms with Gasteiger partial charge >= 0.3 is 11.9 Å². The zero-order chi connectivity index (χ0) is 11.3. The highest BCUT2D eigenvalue weighted by Crippen LogP contribution is 2.48. The van der Waals surface area contributed by atoms with Crippen LogP contribution in [0, 0.1) is 5.41 Å². The predicted octanol–water partition coefficient (Wildman–Crippen LogP) is 1.41. The van der Waals surface area contributed by atoms with Crippen molar-refractivity contribution >= 4 is 27.9 Å². The smallest absolute Gasteiger partial charge is 0.324 e. The zero-order valence-electron chi connectivity index (χ0n) is 8.71. The topological polar surface area (TPSA) is 52.6 Å². The molecule has 0 saturated carbocycles. The fourth-order valence-electron chi connectivity index (χ4n) is 2.36. The van der Waals surface area contributed by atoms with Gasteiger partial charge < -0.3 is 9.47 Å². The van der Waals surface area contributed by atoms with E-state index >= 15 is 0 Å². The molecule has 5 heteroatoms. The summed E-state index contributed by atoms with van der Waals surface area (Å²) in [4.78, 5) is 23.5. The van der Waals surface area contributed by atoms with Gasteiger partial charge in [0.1, 0.15) is 11.7 Å². The first-order valence-corrected chi connectivity index (χ1v) is 6.02. The maximum Gasteiger partial charge on any atom is 0.324 e. The second kappa shape index (κ2) is 3.20. The number of carbonyl (C=O) groups excluding carboxylic acids is 2. The van der Waals surface area contributed by atoms with Crippen LogP contribution in [0.1, 0.15) is 26.7 Å². The van der Waals surface area contributed by atoms with Crippen LogP contribution < -0.4 is 0 Å². The molecule has 1 spiro atoms. The molecule has 2 unspecified atom stereocenters. The van der Waals surface area contributed by atoms with Crippen molar-refractivity contribution in [2.24, 2.45) is 5.41 Å². The SMILES string of the molecule is CC1(C)CC2(CC(CBr)OC2=O)C(=O)O1. The van der Waals surface area contributed by atoms with Crippen molar-refractivity contribution in [3.63, 3.8) is 0 Å². The molecule has 2 rings (SSSR count). The van der Waals surface area contributed by atoms with Gasteiger partial charge in [-0.2, -0.15) is 0 Å². The van der Waals surface area contributed by atoms with Gasteiger partial charge in [-0.25, -0.2) is 0 Å². The van der Waals surface area contributed by atoms with Crippen LogP contribution in [-0.2, 0) is 19.1 Å². The van der Waals surface area contributed by atoms with Gasteiger partial charge in [0.2, 0.25) is 0 Å². The molecule has 4 nitrogen and oxygen atoms in total. The van der Waals surface area contributed by atoms with E-state index in [0.29, 0.717) is 18.2 Å². The maximum atomic E-state index is 11.7. The number of hydrogen-bond acceptors (Lipinski definition) is 4. The average molecular weight is 277 g/mol. The monoisotopic (exact) mass is 276 g/mol. The maximum absolute atomic E-state index is 11.7. The van der Waals surface area contributed by atoms with E-state index < -0.39 is 23.0 Å². The number of cyclic esters (lactones) is 2. The number of carbonyl (C=O) groups is 2. The summed E-state index contributed by atoms with van der Waals surface area (Å²) in [6.07, 6.45) is 0.638. The molecule has 0 aromatic carbocycles. The van der Waals surface area contributed by atoms with Gasteiger partial charge in [-0.05, 0) is 13.8 Å². The molecular formula is C10H13BrO4. The van der Waals surface area contributed by atoms with E-state index in [9.17, 15) is 9.59 Å². The molecule has 0 aromatic rings. The summed E-state index contributed by atoms with van der Waals surface area (Å²) in [5.41, 5.74) is -1.60. The molecule has 0 aliphatic carbocycles. The van der Waals surface area contributed by atoms with Crippen LogP contribution in [0.5, 0.6) is 0 Å². The van der Waals surface area contributed by atoms with Crippen molar-refractivity contribution in [3.8, 4) is 0 Å². The fourth-order valence-corrected chi connectivity index (χ4v) is 2.72. The zero-order valence-corrected chi connectivity index (χ0v) is 10.3. The lowest BCUT2D eigenvalue weighted by Crippen LogP contribution is -2.31. The number of hydrogen-bond donors (Lipinski definition) is 0. The van der Waals surface area contributed by atoms with Crippen LogP contribution >= 0.6 is 15.9 Å². The number of rotatable bonds is 1. The van der Waals surface area contributed by atoms with Crippen LogP contribution in [0.4, 0.5) is 0 Å². The first kappa shape index (κ1) is 10.9. The second-order valence-corrected chi connectivity index (χ2v) is 5.44. The van der Waals surface area contributed by atoms with Crippen LogP contribution in [0.2, 0.25) is 0 Å². The minimum atomic E-state index is -1.04. The third-order valence-corrected chi connectivity index (χ3v) is 3.62. The molecule has 0 aromatic heterocycles. The molecule has 2 atom stereocenters. The van der Waals surface area contributed by atoms with Crippen LogP contribution in [0.15, 0.2) is 0 Å². The number of ether oxygens (including phenoxy) is 2. The van der Waals surface area contributed by atoms with E-state index in [2.05, 4.69) is 15.9 Å². The Morgan fingerprint density at radius 1 is 1.40 bits per heavy atom. The van der Waals surface area contributed by atoms with Crippen molar-refractivity contribution < 1.29 is 19.1 Å². The lowest BCUT2D eigenvalue weighted by Gasteiger charge is -2.15. The Morgan fingerprint density at radius 2 is 2.07 bits per heavy atom. The number of alkyl halides is 1. The normalized spacial score (nSPS) is 38.2. The lowest BCUT2D eigenvalue weighted by atomic mass is 9.79. The van der Waals surface area contributed by atoms with E-state index in [0.717, 1.165) is 0 Å². The predicted molar refractivity (Wildman–Crippen MR) is 55.5 cm³/mol. The summed E-state index contributed by atoms with van der Waals surface area (Å²) < 4.78 is 10.3. The minimum Gasteiger partial charge on any atom is -0.461 e. The highest BCUT2D eigenvalue weighted by atomic mass is 79.9. The van der Waals surface area contributed by atoms with Gasteiger partial charge in [-0.15, -0.1) is 0 Å². The van der Waals surface area contributed by atoms with Crippen molar-refractivity contribution in [1.82, 2.24) is 0 Å². The molecule has 0 amide bonds. The van der Waals surface area contributed by atoms with Crippen molar-refractivity contribution in [1.29, 1.82) is 0 Å².